The number of nitrogens with one attached hydrogen (secondary N) is 1. The quantitative estimate of drug-likeness (QED) is 0.459. The SMILES string of the molecule is CC(C)N(C)C(C)NI. The summed E-state index contributed by atoms with van der Waals surface area (Å²) in [7, 11) is 2.11. The Bertz CT molecular complexity index is 75.5. The summed E-state index contributed by atoms with van der Waals surface area (Å²) in [4.78, 5) is 2.27. The van der Waals surface area contributed by atoms with E-state index in [9.17, 15) is 0 Å². The van der Waals surface area contributed by atoms with Crippen LogP contribution in [0.4, 0.5) is 0 Å². The smallest absolute Gasteiger partial charge is 0.0655 e. The number of nitrogens with zero attached hydrogens (tertiary/aromatic N) is 1. The van der Waals surface area contributed by atoms with Crippen molar-refractivity contribution in [2.75, 3.05) is 7.05 Å². The Balaban J connectivity index is 3.58. The molecule has 0 aromatic carbocycles. The molecular formula is C6H15IN2. The number of rotatable bonds is 3. The Hall–Kier alpha value is 0.650. The minimum Gasteiger partial charge on any atom is -0.288 e. The molecule has 0 aromatic rings. The van der Waals surface area contributed by atoms with Gasteiger partial charge in [-0.05, 0) is 27.8 Å². The zero-order valence-electron chi connectivity index (χ0n) is 6.48. The van der Waals surface area contributed by atoms with Crippen molar-refractivity contribution in [2.24, 2.45) is 0 Å². The zero-order chi connectivity index (χ0) is 7.44. The monoisotopic (exact) mass is 242 g/mol. The molecule has 0 radical (unpaired) electrons. The summed E-state index contributed by atoms with van der Waals surface area (Å²) in [6.07, 6.45) is 0.464. The number of halogens is 1. The highest BCUT2D eigenvalue weighted by Gasteiger charge is 2.08. The highest BCUT2D eigenvalue weighted by molar-refractivity contribution is 14.1. The van der Waals surface area contributed by atoms with Crippen LogP contribution in [0.3, 0.4) is 0 Å². The topological polar surface area (TPSA) is 15.3 Å². The first-order chi connectivity index (χ1) is 4.09. The fourth-order valence-corrected chi connectivity index (χ4v) is 0.964. The molecule has 0 aliphatic rings. The average molecular weight is 242 g/mol. The Labute approximate surface area is 71.5 Å². The van der Waals surface area contributed by atoms with Crippen molar-refractivity contribution >= 4 is 22.9 Å². The second-order valence-corrected chi connectivity index (χ2v) is 3.17. The molecule has 0 heterocycles. The molecule has 0 aliphatic heterocycles. The van der Waals surface area contributed by atoms with Gasteiger partial charge in [-0.2, -0.15) is 0 Å². The van der Waals surface area contributed by atoms with Gasteiger partial charge in [-0.3, -0.25) is 4.90 Å². The highest BCUT2D eigenvalue weighted by Crippen LogP contribution is 1.99. The molecule has 0 spiro atoms. The average Bonchev–Trinajstić information content (AvgIpc) is 1.84. The summed E-state index contributed by atoms with van der Waals surface area (Å²) in [6, 6.07) is 0.613. The Morgan fingerprint density at radius 1 is 1.33 bits per heavy atom. The molecular weight excluding hydrogens is 227 g/mol. The second kappa shape index (κ2) is 4.46. The molecule has 3 heteroatoms. The van der Waals surface area contributed by atoms with Gasteiger partial charge in [0.2, 0.25) is 0 Å². The first kappa shape index (κ1) is 9.65. The Morgan fingerprint density at radius 3 is 1.89 bits per heavy atom. The lowest BCUT2D eigenvalue weighted by Crippen LogP contribution is -2.40. The van der Waals surface area contributed by atoms with Crippen LogP contribution in [0.25, 0.3) is 0 Å². The van der Waals surface area contributed by atoms with Crippen LogP contribution in [-0.4, -0.2) is 24.2 Å². The third-order valence-corrected chi connectivity index (χ3v) is 2.48. The molecule has 1 N–H and O–H groups in total. The van der Waals surface area contributed by atoms with Gasteiger partial charge >= 0.3 is 0 Å². The minimum absolute atomic E-state index is 0.464. The third kappa shape index (κ3) is 3.37. The van der Waals surface area contributed by atoms with E-state index in [-0.39, 0.29) is 0 Å². The van der Waals surface area contributed by atoms with E-state index >= 15 is 0 Å². The van der Waals surface area contributed by atoms with Gasteiger partial charge in [-0.1, -0.05) is 0 Å². The molecule has 1 unspecified atom stereocenters. The first-order valence-electron chi connectivity index (χ1n) is 3.17. The summed E-state index contributed by atoms with van der Waals surface area (Å²) < 4.78 is 3.14. The van der Waals surface area contributed by atoms with Gasteiger partial charge < -0.3 is 0 Å². The number of hydrogen-bond acceptors (Lipinski definition) is 2. The first-order valence-corrected chi connectivity index (χ1v) is 4.25. The predicted octanol–water partition coefficient (Wildman–Crippen LogP) is 1.61. The molecule has 0 aliphatic carbocycles. The Kier molecular flexibility index (Phi) is 4.79. The summed E-state index contributed by atoms with van der Waals surface area (Å²) in [6.45, 7) is 6.52. The largest absolute Gasteiger partial charge is 0.288 e. The molecule has 2 nitrogen and oxygen atoms in total. The zero-order valence-corrected chi connectivity index (χ0v) is 8.64. The Morgan fingerprint density at radius 2 is 1.78 bits per heavy atom. The van der Waals surface area contributed by atoms with Crippen molar-refractivity contribution in [3.05, 3.63) is 0 Å². The molecule has 9 heavy (non-hydrogen) atoms. The van der Waals surface area contributed by atoms with Gasteiger partial charge in [-0.25, -0.2) is 3.53 Å². The summed E-state index contributed by atoms with van der Waals surface area (Å²) in [5, 5.41) is 0. The van der Waals surface area contributed by atoms with Crippen molar-refractivity contribution in [3.8, 4) is 0 Å². The van der Waals surface area contributed by atoms with Crippen molar-refractivity contribution in [1.82, 2.24) is 8.43 Å². The van der Waals surface area contributed by atoms with Crippen molar-refractivity contribution in [1.29, 1.82) is 0 Å². The van der Waals surface area contributed by atoms with Gasteiger partial charge in [0.25, 0.3) is 0 Å². The fourth-order valence-electron chi connectivity index (χ4n) is 0.524. The van der Waals surface area contributed by atoms with E-state index in [0.29, 0.717) is 12.2 Å². The van der Waals surface area contributed by atoms with Crippen LogP contribution in [0.5, 0.6) is 0 Å². The van der Waals surface area contributed by atoms with Crippen LogP contribution >= 0.6 is 22.9 Å². The summed E-state index contributed by atoms with van der Waals surface area (Å²) >= 11 is 2.17. The molecule has 1 atom stereocenters. The minimum atomic E-state index is 0.464. The van der Waals surface area contributed by atoms with E-state index in [1.165, 1.54) is 0 Å². The standard InChI is InChI=1S/C6H15IN2/c1-5(2)9(4)6(3)8-7/h5-6,8H,1-4H3. The second-order valence-electron chi connectivity index (χ2n) is 2.54. The molecule has 56 valence electrons. The van der Waals surface area contributed by atoms with E-state index in [2.05, 4.69) is 59.1 Å². The maximum atomic E-state index is 3.14. The lowest BCUT2D eigenvalue weighted by atomic mass is 10.3. The van der Waals surface area contributed by atoms with E-state index in [1.54, 1.807) is 0 Å². The van der Waals surface area contributed by atoms with E-state index < -0.39 is 0 Å². The van der Waals surface area contributed by atoms with Crippen LogP contribution in [-0.2, 0) is 0 Å². The molecule has 0 aromatic heterocycles. The van der Waals surface area contributed by atoms with Crippen LogP contribution in [0.15, 0.2) is 0 Å². The van der Waals surface area contributed by atoms with E-state index in [0.717, 1.165) is 0 Å². The van der Waals surface area contributed by atoms with Gasteiger partial charge in [0.05, 0.1) is 6.17 Å². The van der Waals surface area contributed by atoms with Crippen LogP contribution in [0.1, 0.15) is 20.8 Å². The van der Waals surface area contributed by atoms with E-state index in [1.807, 2.05) is 0 Å². The van der Waals surface area contributed by atoms with E-state index in [4.69, 9.17) is 0 Å². The van der Waals surface area contributed by atoms with Crippen molar-refractivity contribution in [2.45, 2.75) is 33.0 Å². The molecule has 0 bridgehead atoms. The summed E-state index contributed by atoms with van der Waals surface area (Å²) in [5.74, 6) is 0. The number of hydrogen-bond donors (Lipinski definition) is 1. The maximum absolute atomic E-state index is 3.14. The molecule has 0 saturated heterocycles. The van der Waals surface area contributed by atoms with Gasteiger partial charge in [0.1, 0.15) is 0 Å². The van der Waals surface area contributed by atoms with Gasteiger partial charge in [-0.15, -0.1) is 0 Å². The highest BCUT2D eigenvalue weighted by atomic mass is 127. The molecule has 0 saturated carbocycles. The fraction of sp³-hybridized carbons (Fsp3) is 1.00. The molecule has 0 rings (SSSR count). The van der Waals surface area contributed by atoms with Crippen molar-refractivity contribution < 1.29 is 0 Å². The lowest BCUT2D eigenvalue weighted by molar-refractivity contribution is 0.205. The van der Waals surface area contributed by atoms with Crippen molar-refractivity contribution in [3.63, 3.8) is 0 Å². The predicted molar refractivity (Wildman–Crippen MR) is 49.5 cm³/mol. The maximum Gasteiger partial charge on any atom is 0.0655 e. The lowest BCUT2D eigenvalue weighted by Gasteiger charge is -2.26. The third-order valence-electron chi connectivity index (χ3n) is 1.58. The van der Waals surface area contributed by atoms with Crippen LogP contribution in [0.2, 0.25) is 0 Å². The van der Waals surface area contributed by atoms with Crippen LogP contribution in [0, 0.1) is 0 Å². The molecule has 0 fully saturated rings. The molecule has 0 amide bonds. The van der Waals surface area contributed by atoms with Crippen LogP contribution < -0.4 is 3.53 Å². The van der Waals surface area contributed by atoms with Gasteiger partial charge in [0.15, 0.2) is 0 Å². The summed E-state index contributed by atoms with van der Waals surface area (Å²) in [5.41, 5.74) is 0. The van der Waals surface area contributed by atoms with Gasteiger partial charge in [0, 0.05) is 28.9 Å². The normalized spacial score (nSPS) is 15.0.